The highest BCUT2D eigenvalue weighted by molar-refractivity contribution is 7.89. The van der Waals surface area contributed by atoms with E-state index in [1.807, 2.05) is 0 Å². The van der Waals surface area contributed by atoms with Crippen molar-refractivity contribution in [1.82, 2.24) is 9.71 Å². The molecule has 90 valence electrons. The van der Waals surface area contributed by atoms with Crippen LogP contribution >= 0.6 is 0 Å². The van der Waals surface area contributed by atoms with E-state index >= 15 is 0 Å². The number of nitrogens with one attached hydrogen (secondary N) is 1. The quantitative estimate of drug-likeness (QED) is 0.894. The van der Waals surface area contributed by atoms with Crippen LogP contribution in [0.3, 0.4) is 0 Å². The van der Waals surface area contributed by atoms with Crippen LogP contribution < -0.4 is 4.72 Å². The van der Waals surface area contributed by atoms with Crippen LogP contribution in [0.4, 0.5) is 4.39 Å². The SMILES string of the molecule is O=S(=O)(NCc1ccoc1)c1ncccc1F. The molecule has 0 aliphatic heterocycles. The molecule has 7 heteroatoms. The molecule has 17 heavy (non-hydrogen) atoms. The molecule has 0 atom stereocenters. The van der Waals surface area contributed by atoms with E-state index in [4.69, 9.17) is 4.42 Å². The van der Waals surface area contributed by atoms with E-state index < -0.39 is 20.9 Å². The molecule has 0 aromatic carbocycles. The van der Waals surface area contributed by atoms with Gasteiger partial charge in [0.15, 0.2) is 5.82 Å². The molecule has 0 fully saturated rings. The summed E-state index contributed by atoms with van der Waals surface area (Å²) in [5.41, 5.74) is 0.643. The lowest BCUT2D eigenvalue weighted by Gasteiger charge is -2.04. The largest absolute Gasteiger partial charge is 0.472 e. The molecule has 0 saturated carbocycles. The van der Waals surface area contributed by atoms with Crippen molar-refractivity contribution in [3.05, 3.63) is 48.3 Å². The summed E-state index contributed by atoms with van der Waals surface area (Å²) in [6, 6.07) is 3.97. The van der Waals surface area contributed by atoms with Crippen molar-refractivity contribution in [2.24, 2.45) is 0 Å². The Hall–Kier alpha value is -1.73. The van der Waals surface area contributed by atoms with Crippen molar-refractivity contribution < 1.29 is 17.2 Å². The molecule has 1 N–H and O–H groups in total. The van der Waals surface area contributed by atoms with E-state index in [0.717, 1.165) is 6.07 Å². The highest BCUT2D eigenvalue weighted by Gasteiger charge is 2.19. The standard InChI is InChI=1S/C10H9FN2O3S/c11-9-2-1-4-12-10(9)17(14,15)13-6-8-3-5-16-7-8/h1-5,7,13H,6H2. The van der Waals surface area contributed by atoms with Gasteiger partial charge in [-0.15, -0.1) is 0 Å². The van der Waals surface area contributed by atoms with Gasteiger partial charge in [-0.05, 0) is 18.2 Å². The Morgan fingerprint density at radius 2 is 2.24 bits per heavy atom. The van der Waals surface area contributed by atoms with Crippen molar-refractivity contribution in [2.45, 2.75) is 11.6 Å². The van der Waals surface area contributed by atoms with Crippen LogP contribution in [0.15, 0.2) is 46.4 Å². The van der Waals surface area contributed by atoms with Gasteiger partial charge in [-0.2, -0.15) is 0 Å². The third-order valence-electron chi connectivity index (χ3n) is 2.03. The van der Waals surface area contributed by atoms with Crippen LogP contribution in [-0.4, -0.2) is 13.4 Å². The second-order valence-electron chi connectivity index (χ2n) is 3.25. The molecular formula is C10H9FN2O3S. The van der Waals surface area contributed by atoms with Crippen LogP contribution in [0.1, 0.15) is 5.56 Å². The molecule has 0 unspecified atom stereocenters. The van der Waals surface area contributed by atoms with Gasteiger partial charge in [0.2, 0.25) is 5.03 Å². The fraction of sp³-hybridized carbons (Fsp3) is 0.100. The molecule has 2 aromatic heterocycles. The maximum Gasteiger partial charge on any atom is 0.261 e. The molecule has 0 amide bonds. The van der Waals surface area contributed by atoms with Gasteiger partial charge in [0.1, 0.15) is 0 Å². The topological polar surface area (TPSA) is 72.2 Å². The van der Waals surface area contributed by atoms with Crippen molar-refractivity contribution in [3.8, 4) is 0 Å². The first-order chi connectivity index (χ1) is 8.09. The Labute approximate surface area is 97.3 Å². The van der Waals surface area contributed by atoms with Gasteiger partial charge in [-0.25, -0.2) is 22.5 Å². The van der Waals surface area contributed by atoms with Crippen molar-refractivity contribution >= 4 is 10.0 Å². The van der Waals surface area contributed by atoms with Gasteiger partial charge in [0.05, 0.1) is 12.5 Å². The van der Waals surface area contributed by atoms with Crippen LogP contribution in [0.2, 0.25) is 0 Å². The highest BCUT2D eigenvalue weighted by Crippen LogP contribution is 2.10. The first kappa shape index (κ1) is 11.7. The fourth-order valence-electron chi connectivity index (χ4n) is 1.21. The smallest absolute Gasteiger partial charge is 0.261 e. The molecular weight excluding hydrogens is 247 g/mol. The predicted molar refractivity (Wildman–Crippen MR) is 56.9 cm³/mol. The number of hydrogen-bond acceptors (Lipinski definition) is 4. The zero-order chi connectivity index (χ0) is 12.3. The average Bonchev–Trinajstić information content (AvgIpc) is 2.80. The number of aromatic nitrogens is 1. The molecule has 5 nitrogen and oxygen atoms in total. The third kappa shape index (κ3) is 2.69. The first-order valence-corrected chi connectivity index (χ1v) is 6.19. The summed E-state index contributed by atoms with van der Waals surface area (Å²) >= 11 is 0. The van der Waals surface area contributed by atoms with Crippen molar-refractivity contribution in [3.63, 3.8) is 0 Å². The van der Waals surface area contributed by atoms with Crippen molar-refractivity contribution in [2.75, 3.05) is 0 Å². The Kier molecular flexibility index (Phi) is 3.21. The predicted octanol–water partition coefficient (Wildman–Crippen LogP) is 1.29. The molecule has 2 rings (SSSR count). The number of halogens is 1. The van der Waals surface area contributed by atoms with Gasteiger partial charge >= 0.3 is 0 Å². The Bertz CT molecular complexity index is 596. The number of rotatable bonds is 4. The van der Waals surface area contributed by atoms with Gasteiger partial charge in [0, 0.05) is 18.3 Å². The number of sulfonamides is 1. The lowest BCUT2D eigenvalue weighted by Crippen LogP contribution is -2.24. The molecule has 0 saturated heterocycles. The summed E-state index contributed by atoms with van der Waals surface area (Å²) in [5.74, 6) is -0.882. The molecule has 0 aliphatic rings. The van der Waals surface area contributed by atoms with Gasteiger partial charge in [-0.3, -0.25) is 0 Å². The Morgan fingerprint density at radius 3 is 2.88 bits per heavy atom. The number of nitrogens with zero attached hydrogens (tertiary/aromatic N) is 1. The molecule has 0 radical (unpaired) electrons. The second-order valence-corrected chi connectivity index (χ2v) is 4.93. The normalized spacial score (nSPS) is 11.6. The van der Waals surface area contributed by atoms with E-state index in [0.29, 0.717) is 5.56 Å². The van der Waals surface area contributed by atoms with E-state index in [-0.39, 0.29) is 6.54 Å². The summed E-state index contributed by atoms with van der Waals surface area (Å²) < 4.78 is 43.7. The van der Waals surface area contributed by atoms with E-state index in [1.165, 1.54) is 24.8 Å². The molecule has 0 bridgehead atoms. The summed E-state index contributed by atoms with van der Waals surface area (Å²) in [4.78, 5) is 3.50. The maximum absolute atomic E-state index is 13.3. The minimum absolute atomic E-state index is 0.0227. The second kappa shape index (κ2) is 4.64. The van der Waals surface area contributed by atoms with Crippen molar-refractivity contribution in [1.29, 1.82) is 0 Å². The first-order valence-electron chi connectivity index (χ1n) is 4.71. The minimum Gasteiger partial charge on any atom is -0.472 e. The van der Waals surface area contributed by atoms with Gasteiger partial charge in [0.25, 0.3) is 10.0 Å². The molecule has 0 spiro atoms. The number of hydrogen-bond donors (Lipinski definition) is 1. The molecule has 2 aromatic rings. The Balaban J connectivity index is 2.17. The molecule has 0 aliphatic carbocycles. The lowest BCUT2D eigenvalue weighted by molar-refractivity contribution is 0.543. The fourth-order valence-corrected chi connectivity index (χ4v) is 2.23. The van der Waals surface area contributed by atoms with E-state index in [2.05, 4.69) is 9.71 Å². The zero-order valence-corrected chi connectivity index (χ0v) is 9.45. The lowest BCUT2D eigenvalue weighted by atomic mass is 10.4. The van der Waals surface area contributed by atoms with Crippen LogP contribution in [0.5, 0.6) is 0 Å². The summed E-state index contributed by atoms with van der Waals surface area (Å²) in [6.07, 6.45) is 4.04. The van der Waals surface area contributed by atoms with Crippen LogP contribution in [0.25, 0.3) is 0 Å². The Morgan fingerprint density at radius 1 is 1.41 bits per heavy atom. The minimum atomic E-state index is -3.94. The van der Waals surface area contributed by atoms with Gasteiger partial charge in [-0.1, -0.05) is 0 Å². The van der Waals surface area contributed by atoms with E-state index in [1.54, 1.807) is 6.07 Å². The number of pyridine rings is 1. The summed E-state index contributed by atoms with van der Waals surface area (Å²) in [7, 11) is -3.94. The summed E-state index contributed by atoms with van der Waals surface area (Å²) in [5, 5.41) is -0.608. The number of furan rings is 1. The third-order valence-corrected chi connectivity index (χ3v) is 3.36. The molecule has 2 heterocycles. The highest BCUT2D eigenvalue weighted by atomic mass is 32.2. The van der Waals surface area contributed by atoms with Crippen LogP contribution in [-0.2, 0) is 16.6 Å². The van der Waals surface area contributed by atoms with E-state index in [9.17, 15) is 12.8 Å². The maximum atomic E-state index is 13.3. The van der Waals surface area contributed by atoms with Gasteiger partial charge < -0.3 is 4.42 Å². The van der Waals surface area contributed by atoms with Crippen LogP contribution in [0, 0.1) is 5.82 Å². The monoisotopic (exact) mass is 256 g/mol. The average molecular weight is 256 g/mol. The summed E-state index contributed by atoms with van der Waals surface area (Å²) in [6.45, 7) is 0.0227. The zero-order valence-electron chi connectivity index (χ0n) is 8.63.